The summed E-state index contributed by atoms with van der Waals surface area (Å²) in [6, 6.07) is 1.40. The van der Waals surface area contributed by atoms with E-state index in [4.69, 9.17) is 4.74 Å². The molecule has 2 aliphatic heterocycles. The fraction of sp³-hybridized carbons (Fsp3) is 1.00. The van der Waals surface area contributed by atoms with Gasteiger partial charge >= 0.3 is 0 Å². The van der Waals surface area contributed by atoms with Crippen molar-refractivity contribution < 1.29 is 4.74 Å². The zero-order valence-electron chi connectivity index (χ0n) is 13.0. The standard InChI is InChI=1S/C15H31N3O/c1-4-7-17-10-11-18(12-15(17)13-19-3)14-5-8-16(2)9-6-14/h14-15H,4-13H2,1-3H3. The van der Waals surface area contributed by atoms with Gasteiger partial charge in [-0.15, -0.1) is 0 Å². The van der Waals surface area contributed by atoms with Crippen molar-refractivity contribution in [3.05, 3.63) is 0 Å². The van der Waals surface area contributed by atoms with Crippen molar-refractivity contribution in [2.45, 2.75) is 38.3 Å². The first kappa shape index (κ1) is 15.2. The Kier molecular flexibility index (Phi) is 6.07. The Bertz CT molecular complexity index is 254. The van der Waals surface area contributed by atoms with Crippen LogP contribution in [0.2, 0.25) is 0 Å². The molecule has 0 radical (unpaired) electrons. The topological polar surface area (TPSA) is 19.0 Å². The fourth-order valence-electron chi connectivity index (χ4n) is 3.54. The second-order valence-electron chi connectivity index (χ2n) is 6.17. The molecule has 2 heterocycles. The van der Waals surface area contributed by atoms with Crippen LogP contribution in [0, 0.1) is 0 Å². The number of ether oxygens (including phenoxy) is 1. The molecule has 4 nitrogen and oxygen atoms in total. The normalized spacial score (nSPS) is 28.9. The lowest BCUT2D eigenvalue weighted by molar-refractivity contribution is -0.00227. The number of rotatable bonds is 5. The van der Waals surface area contributed by atoms with E-state index in [1.54, 1.807) is 0 Å². The van der Waals surface area contributed by atoms with Gasteiger partial charge in [0.25, 0.3) is 0 Å². The first-order chi connectivity index (χ1) is 9.24. The van der Waals surface area contributed by atoms with Crippen molar-refractivity contribution in [3.63, 3.8) is 0 Å². The van der Waals surface area contributed by atoms with Crippen molar-refractivity contribution in [2.75, 3.05) is 60.0 Å². The number of likely N-dealkylation sites (tertiary alicyclic amines) is 1. The quantitative estimate of drug-likeness (QED) is 0.744. The Balaban J connectivity index is 1.86. The molecule has 2 aliphatic rings. The Labute approximate surface area is 118 Å². The lowest BCUT2D eigenvalue weighted by Gasteiger charge is -2.46. The van der Waals surface area contributed by atoms with Crippen LogP contribution >= 0.6 is 0 Å². The molecule has 0 aromatic rings. The minimum absolute atomic E-state index is 0.596. The summed E-state index contributed by atoms with van der Waals surface area (Å²) in [6.45, 7) is 10.5. The first-order valence-corrected chi connectivity index (χ1v) is 7.90. The highest BCUT2D eigenvalue weighted by molar-refractivity contribution is 4.87. The molecule has 0 aromatic carbocycles. The van der Waals surface area contributed by atoms with Gasteiger partial charge in [-0.05, 0) is 45.9 Å². The molecule has 0 saturated carbocycles. The Morgan fingerprint density at radius 2 is 1.84 bits per heavy atom. The van der Waals surface area contributed by atoms with Gasteiger partial charge in [0.15, 0.2) is 0 Å². The minimum atomic E-state index is 0.596. The van der Waals surface area contributed by atoms with Crippen LogP contribution in [0.4, 0.5) is 0 Å². The SMILES string of the molecule is CCCN1CCN(C2CCN(C)CC2)CC1COC. The summed E-state index contributed by atoms with van der Waals surface area (Å²) in [5, 5.41) is 0. The van der Waals surface area contributed by atoms with E-state index in [-0.39, 0.29) is 0 Å². The molecular formula is C15H31N3O. The summed E-state index contributed by atoms with van der Waals surface area (Å²) in [4.78, 5) is 7.80. The summed E-state index contributed by atoms with van der Waals surface area (Å²) >= 11 is 0. The monoisotopic (exact) mass is 269 g/mol. The second-order valence-corrected chi connectivity index (χ2v) is 6.17. The van der Waals surface area contributed by atoms with Gasteiger partial charge in [-0.1, -0.05) is 6.92 Å². The largest absolute Gasteiger partial charge is 0.383 e. The molecule has 0 bridgehead atoms. The number of piperidine rings is 1. The summed E-state index contributed by atoms with van der Waals surface area (Å²) < 4.78 is 5.43. The van der Waals surface area contributed by atoms with E-state index >= 15 is 0 Å². The molecule has 2 rings (SSSR count). The maximum atomic E-state index is 5.43. The van der Waals surface area contributed by atoms with Crippen molar-refractivity contribution in [1.29, 1.82) is 0 Å². The van der Waals surface area contributed by atoms with Crippen molar-refractivity contribution in [1.82, 2.24) is 14.7 Å². The van der Waals surface area contributed by atoms with Crippen LogP contribution in [0.1, 0.15) is 26.2 Å². The smallest absolute Gasteiger partial charge is 0.0630 e. The predicted octanol–water partition coefficient (Wildman–Crippen LogP) is 1.12. The highest BCUT2D eigenvalue weighted by atomic mass is 16.5. The van der Waals surface area contributed by atoms with E-state index in [1.807, 2.05) is 7.11 Å². The molecule has 0 aliphatic carbocycles. The zero-order chi connectivity index (χ0) is 13.7. The van der Waals surface area contributed by atoms with E-state index in [2.05, 4.69) is 28.7 Å². The van der Waals surface area contributed by atoms with Gasteiger partial charge in [-0.2, -0.15) is 0 Å². The molecule has 1 unspecified atom stereocenters. The van der Waals surface area contributed by atoms with E-state index in [9.17, 15) is 0 Å². The number of methoxy groups -OCH3 is 1. The molecular weight excluding hydrogens is 238 g/mol. The van der Waals surface area contributed by atoms with Gasteiger partial charge in [-0.3, -0.25) is 9.80 Å². The molecule has 1 atom stereocenters. The summed E-state index contributed by atoms with van der Waals surface area (Å²) in [7, 11) is 4.07. The highest BCUT2D eigenvalue weighted by Crippen LogP contribution is 2.20. The average Bonchev–Trinajstić information content (AvgIpc) is 2.42. The van der Waals surface area contributed by atoms with Gasteiger partial charge in [-0.25, -0.2) is 0 Å². The molecule has 0 amide bonds. The van der Waals surface area contributed by atoms with Gasteiger partial charge in [0.1, 0.15) is 0 Å². The van der Waals surface area contributed by atoms with Gasteiger partial charge in [0.2, 0.25) is 0 Å². The van der Waals surface area contributed by atoms with Gasteiger partial charge in [0.05, 0.1) is 6.61 Å². The van der Waals surface area contributed by atoms with Crippen LogP contribution in [0.25, 0.3) is 0 Å². The summed E-state index contributed by atoms with van der Waals surface area (Å²) in [5.41, 5.74) is 0. The molecule has 0 N–H and O–H groups in total. The van der Waals surface area contributed by atoms with E-state index < -0.39 is 0 Å². The minimum Gasteiger partial charge on any atom is -0.383 e. The van der Waals surface area contributed by atoms with E-state index in [0.717, 1.165) is 12.6 Å². The van der Waals surface area contributed by atoms with Crippen molar-refractivity contribution >= 4 is 0 Å². The molecule has 0 aromatic heterocycles. The van der Waals surface area contributed by atoms with E-state index in [0.29, 0.717) is 6.04 Å². The van der Waals surface area contributed by atoms with Crippen LogP contribution in [0.15, 0.2) is 0 Å². The van der Waals surface area contributed by atoms with Crippen LogP contribution in [-0.4, -0.2) is 86.8 Å². The summed E-state index contributed by atoms with van der Waals surface area (Å²) in [6.07, 6.45) is 3.92. The maximum absolute atomic E-state index is 5.43. The van der Waals surface area contributed by atoms with Crippen LogP contribution in [0.5, 0.6) is 0 Å². The Morgan fingerprint density at radius 1 is 1.11 bits per heavy atom. The van der Waals surface area contributed by atoms with E-state index in [1.165, 1.54) is 58.5 Å². The lowest BCUT2D eigenvalue weighted by atomic mass is 10.0. The highest BCUT2D eigenvalue weighted by Gasteiger charge is 2.31. The predicted molar refractivity (Wildman–Crippen MR) is 79.6 cm³/mol. The van der Waals surface area contributed by atoms with Crippen LogP contribution in [0.3, 0.4) is 0 Å². The Hall–Kier alpha value is -0.160. The Morgan fingerprint density at radius 3 is 2.47 bits per heavy atom. The van der Waals surface area contributed by atoms with Gasteiger partial charge < -0.3 is 9.64 Å². The summed E-state index contributed by atoms with van der Waals surface area (Å²) in [5.74, 6) is 0. The third kappa shape index (κ3) is 4.15. The van der Waals surface area contributed by atoms with Crippen molar-refractivity contribution in [3.8, 4) is 0 Å². The average molecular weight is 269 g/mol. The van der Waals surface area contributed by atoms with Crippen LogP contribution < -0.4 is 0 Å². The number of piperazine rings is 1. The number of hydrogen-bond donors (Lipinski definition) is 0. The molecule has 0 spiro atoms. The number of hydrogen-bond acceptors (Lipinski definition) is 4. The van der Waals surface area contributed by atoms with Crippen molar-refractivity contribution in [2.24, 2.45) is 0 Å². The van der Waals surface area contributed by atoms with Crippen LogP contribution in [-0.2, 0) is 4.74 Å². The molecule has 112 valence electrons. The first-order valence-electron chi connectivity index (χ1n) is 7.90. The number of nitrogens with zero attached hydrogens (tertiary/aromatic N) is 3. The third-order valence-electron chi connectivity index (χ3n) is 4.71. The molecule has 4 heteroatoms. The molecule has 2 fully saturated rings. The van der Waals surface area contributed by atoms with Gasteiger partial charge in [0, 0.05) is 38.8 Å². The molecule has 2 saturated heterocycles. The fourth-order valence-corrected chi connectivity index (χ4v) is 3.54. The maximum Gasteiger partial charge on any atom is 0.0630 e. The second kappa shape index (κ2) is 7.58. The third-order valence-corrected chi connectivity index (χ3v) is 4.71. The molecule has 19 heavy (non-hydrogen) atoms. The zero-order valence-corrected chi connectivity index (χ0v) is 13.0. The lowest BCUT2D eigenvalue weighted by Crippen LogP contribution is -2.58.